The number of aliphatic hydroxyl groups excluding tert-OH is 1. The monoisotopic (exact) mass is 280 g/mol. The zero-order valence-electron chi connectivity index (χ0n) is 10.5. The largest absolute Gasteiger partial charge is 0.493 e. The van der Waals surface area contributed by atoms with Crippen molar-refractivity contribution >= 4 is 0 Å². The predicted molar refractivity (Wildman–Crippen MR) is 61.1 cm³/mol. The van der Waals surface area contributed by atoms with Crippen molar-refractivity contribution in [1.82, 2.24) is 0 Å². The summed E-state index contributed by atoms with van der Waals surface area (Å²) in [4.78, 5) is 0. The molecule has 0 aliphatic carbocycles. The Morgan fingerprint density at radius 3 is 2.47 bits per heavy atom. The number of hydrogen-bond donors (Lipinski definition) is 1. The molecule has 0 heterocycles. The van der Waals surface area contributed by atoms with Gasteiger partial charge in [-0.2, -0.15) is 13.2 Å². The van der Waals surface area contributed by atoms with E-state index in [4.69, 9.17) is 9.47 Å². The highest BCUT2D eigenvalue weighted by molar-refractivity contribution is 5.43. The van der Waals surface area contributed by atoms with Gasteiger partial charge in [-0.3, -0.25) is 0 Å². The molecule has 1 aromatic rings. The highest BCUT2D eigenvalue weighted by Crippen LogP contribution is 2.30. The normalized spacial score (nSPS) is 13.2. The van der Waals surface area contributed by atoms with E-state index in [1.807, 2.05) is 0 Å². The fourth-order valence-corrected chi connectivity index (χ4v) is 1.33. The fraction of sp³-hybridized carbons (Fsp3) is 0.500. The number of halogens is 3. The maximum Gasteiger partial charge on any atom is 0.411 e. The standard InChI is InChI=1S/C12H15F3O4/c1-8(16)9-3-4-10(11(5-9)17-2)19-7-18-6-12(13,14)15/h3-5,8,16H,6-7H2,1-2H3. The molecule has 0 saturated heterocycles. The number of alkyl halides is 3. The average molecular weight is 280 g/mol. The molecule has 0 spiro atoms. The quantitative estimate of drug-likeness (QED) is 0.643. The van der Waals surface area contributed by atoms with Crippen LogP contribution >= 0.6 is 0 Å². The van der Waals surface area contributed by atoms with E-state index in [-0.39, 0.29) is 5.75 Å². The Kier molecular flexibility index (Phi) is 5.44. The maximum absolute atomic E-state index is 11.8. The van der Waals surface area contributed by atoms with Crippen molar-refractivity contribution in [1.29, 1.82) is 0 Å². The van der Waals surface area contributed by atoms with Gasteiger partial charge in [-0.05, 0) is 24.6 Å². The van der Waals surface area contributed by atoms with E-state index in [9.17, 15) is 18.3 Å². The highest BCUT2D eigenvalue weighted by Gasteiger charge is 2.27. The molecule has 0 aromatic heterocycles. The van der Waals surface area contributed by atoms with Crippen LogP contribution in [-0.4, -0.2) is 31.8 Å². The van der Waals surface area contributed by atoms with Crippen molar-refractivity contribution in [3.8, 4) is 11.5 Å². The Hall–Kier alpha value is -1.47. The molecule has 1 N–H and O–H groups in total. The summed E-state index contributed by atoms with van der Waals surface area (Å²) in [5.41, 5.74) is 0.611. The van der Waals surface area contributed by atoms with Gasteiger partial charge in [0.1, 0.15) is 6.61 Å². The molecule has 0 amide bonds. The van der Waals surface area contributed by atoms with E-state index in [1.165, 1.54) is 13.2 Å². The van der Waals surface area contributed by atoms with Crippen molar-refractivity contribution in [2.24, 2.45) is 0 Å². The molecule has 1 atom stereocenters. The fourth-order valence-electron chi connectivity index (χ4n) is 1.33. The Bertz CT molecular complexity index is 404. The first-order chi connectivity index (χ1) is 8.83. The second-order valence-corrected chi connectivity index (χ2v) is 3.81. The molecule has 108 valence electrons. The molecular weight excluding hydrogens is 265 g/mol. The zero-order chi connectivity index (χ0) is 14.5. The van der Waals surface area contributed by atoms with Crippen LogP contribution in [0.5, 0.6) is 11.5 Å². The first-order valence-electron chi connectivity index (χ1n) is 5.47. The van der Waals surface area contributed by atoms with E-state index in [2.05, 4.69) is 4.74 Å². The van der Waals surface area contributed by atoms with Gasteiger partial charge in [0, 0.05) is 0 Å². The number of ether oxygens (including phenoxy) is 3. The van der Waals surface area contributed by atoms with Crippen LogP contribution in [0.15, 0.2) is 18.2 Å². The van der Waals surface area contributed by atoms with E-state index in [0.717, 1.165) is 0 Å². The van der Waals surface area contributed by atoms with Crippen LogP contribution in [0.4, 0.5) is 13.2 Å². The minimum Gasteiger partial charge on any atom is -0.493 e. The summed E-state index contributed by atoms with van der Waals surface area (Å²) in [5.74, 6) is 0.558. The Morgan fingerprint density at radius 2 is 1.95 bits per heavy atom. The van der Waals surface area contributed by atoms with Crippen LogP contribution in [0.2, 0.25) is 0 Å². The summed E-state index contributed by atoms with van der Waals surface area (Å²) < 4.78 is 49.9. The number of rotatable bonds is 6. The van der Waals surface area contributed by atoms with Gasteiger partial charge in [-0.25, -0.2) is 0 Å². The van der Waals surface area contributed by atoms with Crippen LogP contribution in [0, 0.1) is 0 Å². The van der Waals surface area contributed by atoms with E-state index in [0.29, 0.717) is 11.3 Å². The highest BCUT2D eigenvalue weighted by atomic mass is 19.4. The van der Waals surface area contributed by atoms with Crippen molar-refractivity contribution < 1.29 is 32.5 Å². The maximum atomic E-state index is 11.8. The van der Waals surface area contributed by atoms with Gasteiger partial charge in [0.25, 0.3) is 0 Å². The van der Waals surface area contributed by atoms with Crippen molar-refractivity contribution in [3.05, 3.63) is 23.8 Å². The number of aliphatic hydroxyl groups is 1. The third-order valence-electron chi connectivity index (χ3n) is 2.23. The molecule has 0 fully saturated rings. The lowest BCUT2D eigenvalue weighted by Gasteiger charge is -2.14. The number of hydrogen-bond acceptors (Lipinski definition) is 4. The van der Waals surface area contributed by atoms with E-state index in [1.54, 1.807) is 19.1 Å². The zero-order valence-corrected chi connectivity index (χ0v) is 10.5. The van der Waals surface area contributed by atoms with Gasteiger partial charge >= 0.3 is 6.18 Å². The molecule has 0 saturated carbocycles. The van der Waals surface area contributed by atoms with Crippen molar-refractivity contribution in [2.75, 3.05) is 20.5 Å². The topological polar surface area (TPSA) is 47.9 Å². The van der Waals surface area contributed by atoms with E-state index < -0.39 is 25.7 Å². The summed E-state index contributed by atoms with van der Waals surface area (Å²) in [6.07, 6.45) is -5.06. The molecule has 1 rings (SSSR count). The summed E-state index contributed by atoms with van der Waals surface area (Å²) in [7, 11) is 1.39. The third-order valence-corrected chi connectivity index (χ3v) is 2.23. The van der Waals surface area contributed by atoms with Crippen LogP contribution in [0.25, 0.3) is 0 Å². The Morgan fingerprint density at radius 1 is 1.26 bits per heavy atom. The second kappa shape index (κ2) is 6.63. The number of benzene rings is 1. The average Bonchev–Trinajstić information content (AvgIpc) is 2.33. The third kappa shape index (κ3) is 5.35. The lowest BCUT2D eigenvalue weighted by atomic mass is 10.1. The minimum absolute atomic E-state index is 0.245. The SMILES string of the molecule is COc1cc(C(C)O)ccc1OCOCC(F)(F)F. The molecule has 0 bridgehead atoms. The van der Waals surface area contributed by atoms with Crippen LogP contribution in [0.1, 0.15) is 18.6 Å². The molecule has 0 aliphatic rings. The van der Waals surface area contributed by atoms with Gasteiger partial charge in [0.15, 0.2) is 18.3 Å². The molecule has 4 nitrogen and oxygen atoms in total. The van der Waals surface area contributed by atoms with Gasteiger partial charge in [0.2, 0.25) is 0 Å². The lowest BCUT2D eigenvalue weighted by molar-refractivity contribution is -0.186. The van der Waals surface area contributed by atoms with Gasteiger partial charge in [0.05, 0.1) is 13.2 Å². The lowest BCUT2D eigenvalue weighted by Crippen LogP contribution is -2.19. The molecule has 1 unspecified atom stereocenters. The van der Waals surface area contributed by atoms with Crippen LogP contribution < -0.4 is 9.47 Å². The number of methoxy groups -OCH3 is 1. The molecule has 1 aromatic carbocycles. The van der Waals surface area contributed by atoms with Gasteiger partial charge in [-0.1, -0.05) is 6.07 Å². The van der Waals surface area contributed by atoms with E-state index >= 15 is 0 Å². The molecule has 7 heteroatoms. The smallest absolute Gasteiger partial charge is 0.411 e. The second-order valence-electron chi connectivity index (χ2n) is 3.81. The summed E-state index contributed by atoms with van der Waals surface area (Å²) in [5, 5.41) is 9.39. The van der Waals surface area contributed by atoms with Crippen LogP contribution in [0.3, 0.4) is 0 Å². The van der Waals surface area contributed by atoms with Gasteiger partial charge in [-0.15, -0.1) is 0 Å². The summed E-state index contributed by atoms with van der Waals surface area (Å²) in [6, 6.07) is 4.63. The Labute approximate surface area is 108 Å². The molecule has 0 aliphatic heterocycles. The molecule has 19 heavy (non-hydrogen) atoms. The predicted octanol–water partition coefficient (Wildman–Crippen LogP) is 2.66. The summed E-state index contributed by atoms with van der Waals surface area (Å²) >= 11 is 0. The minimum atomic E-state index is -4.39. The van der Waals surface area contributed by atoms with Crippen molar-refractivity contribution in [3.63, 3.8) is 0 Å². The first-order valence-corrected chi connectivity index (χ1v) is 5.47. The Balaban J connectivity index is 2.58. The summed E-state index contributed by atoms with van der Waals surface area (Å²) in [6.45, 7) is -0.327. The molecular formula is C12H15F3O4. The van der Waals surface area contributed by atoms with Crippen LogP contribution in [-0.2, 0) is 4.74 Å². The van der Waals surface area contributed by atoms with Crippen molar-refractivity contribution in [2.45, 2.75) is 19.2 Å². The van der Waals surface area contributed by atoms with Gasteiger partial charge < -0.3 is 19.3 Å². The molecule has 0 radical (unpaired) electrons. The first kappa shape index (κ1) is 15.6.